The summed E-state index contributed by atoms with van der Waals surface area (Å²) in [6.07, 6.45) is 39.3. The monoisotopic (exact) mass is 773 g/mol. The van der Waals surface area contributed by atoms with Gasteiger partial charge in [0.2, 0.25) is 0 Å². The van der Waals surface area contributed by atoms with E-state index in [9.17, 15) is 19.5 Å². The molecule has 0 saturated carbocycles. The minimum absolute atomic E-state index is 0.172. The molecule has 1 rings (SSSR count). The second-order valence-corrected chi connectivity index (χ2v) is 15.4. The lowest BCUT2D eigenvalue weighted by Gasteiger charge is -2.10. The third-order valence-corrected chi connectivity index (χ3v) is 10.1. The highest BCUT2D eigenvalue weighted by Crippen LogP contribution is 2.15. The summed E-state index contributed by atoms with van der Waals surface area (Å²) >= 11 is 0. The van der Waals surface area contributed by atoms with E-state index >= 15 is 0 Å². The molecule has 0 heterocycles. The fourth-order valence-electron chi connectivity index (χ4n) is 6.51. The number of carbonyl (C=O) groups is 3. The molecule has 1 aromatic carbocycles. The minimum atomic E-state index is -0.689. The highest BCUT2D eigenvalue weighted by molar-refractivity contribution is 6.03. The fraction of sp³-hybridized carbons (Fsp3) is 0.771. The fourth-order valence-corrected chi connectivity index (χ4v) is 6.51. The summed E-state index contributed by atoms with van der Waals surface area (Å²) in [5, 5.41) is 18.3. The Bertz CT molecular complexity index is 997. The maximum atomic E-state index is 12.5. The zero-order valence-corrected chi connectivity index (χ0v) is 35.8. The van der Waals surface area contributed by atoms with E-state index in [-0.39, 0.29) is 6.10 Å². The van der Waals surface area contributed by atoms with Gasteiger partial charge >= 0.3 is 17.9 Å². The van der Waals surface area contributed by atoms with Crippen molar-refractivity contribution in [2.45, 2.75) is 226 Å². The van der Waals surface area contributed by atoms with Gasteiger partial charge in [0.05, 0.1) is 30.4 Å². The normalized spacial score (nSPS) is 11.6. The Morgan fingerprint density at radius 2 is 0.909 bits per heavy atom. The van der Waals surface area contributed by atoms with Crippen molar-refractivity contribution in [3.63, 3.8) is 0 Å². The van der Waals surface area contributed by atoms with Gasteiger partial charge in [0.1, 0.15) is 0 Å². The smallest absolute Gasteiger partial charge is 0.339 e. The lowest BCUT2D eigenvalue weighted by Crippen LogP contribution is -2.15. The summed E-state index contributed by atoms with van der Waals surface area (Å²) < 4.78 is 10.9. The average molecular weight is 773 g/mol. The second-order valence-electron chi connectivity index (χ2n) is 15.4. The van der Waals surface area contributed by atoms with E-state index in [1.54, 1.807) is 24.3 Å². The number of aliphatic hydroxyl groups excluding tert-OH is 1. The van der Waals surface area contributed by atoms with Crippen LogP contribution in [0.2, 0.25) is 0 Å². The number of allylic oxidation sites excluding steroid dienone is 1. The number of carbonyl (C=O) groups excluding carboxylic acids is 2. The van der Waals surface area contributed by atoms with Crippen LogP contribution in [0.3, 0.4) is 0 Å². The van der Waals surface area contributed by atoms with Crippen LogP contribution in [0.4, 0.5) is 0 Å². The molecule has 0 aliphatic heterocycles. The van der Waals surface area contributed by atoms with Gasteiger partial charge in [-0.1, -0.05) is 193 Å². The third kappa shape index (κ3) is 35.5. The molecule has 7 heteroatoms. The first-order valence-corrected chi connectivity index (χ1v) is 22.8. The van der Waals surface area contributed by atoms with Crippen molar-refractivity contribution in [2.75, 3.05) is 13.2 Å². The first-order chi connectivity index (χ1) is 26.9. The average Bonchev–Trinajstić information content (AvgIpc) is 3.18. The standard InChI is InChI=1S/C30H50O4.C18H34O3/c1-3-5-7-9-11-13-15-17-21-25-33-29(31)27-23-19-20-24-28(27)30(32)34-26-22-18-16-14-12-10-8-6-4-2;1-2-3-4-11-14-17(19)15-12-9-7-5-6-8-10-13-16-18(20)21/h19-20,23-24H,3-18,21-22,25-26H2,1-2H3;9,12,17,19H,2-8,10-11,13-16H2,1H3,(H,20,21)/b;12-9-/t;17-/m.1/s1. The van der Waals surface area contributed by atoms with E-state index in [4.69, 9.17) is 14.6 Å². The van der Waals surface area contributed by atoms with E-state index in [2.05, 4.69) is 32.9 Å². The summed E-state index contributed by atoms with van der Waals surface area (Å²) in [4.78, 5) is 35.4. The number of hydrogen-bond donors (Lipinski definition) is 2. The van der Waals surface area contributed by atoms with Gasteiger partial charge < -0.3 is 19.7 Å². The van der Waals surface area contributed by atoms with Crippen LogP contribution in [0.15, 0.2) is 36.4 Å². The first-order valence-electron chi connectivity index (χ1n) is 22.8. The maximum absolute atomic E-state index is 12.5. The molecule has 0 aliphatic rings. The van der Waals surface area contributed by atoms with Gasteiger partial charge in [-0.2, -0.15) is 0 Å². The van der Waals surface area contributed by atoms with Crippen molar-refractivity contribution >= 4 is 17.9 Å². The summed E-state index contributed by atoms with van der Waals surface area (Å²) in [6.45, 7) is 7.47. The predicted octanol–water partition coefficient (Wildman–Crippen LogP) is 14.1. The molecule has 318 valence electrons. The molecule has 0 saturated heterocycles. The molecule has 0 spiro atoms. The number of aliphatic hydroxyl groups is 1. The summed E-state index contributed by atoms with van der Waals surface area (Å²) in [7, 11) is 0. The van der Waals surface area contributed by atoms with E-state index < -0.39 is 17.9 Å². The van der Waals surface area contributed by atoms with E-state index in [1.807, 2.05) is 0 Å². The summed E-state index contributed by atoms with van der Waals surface area (Å²) in [5.41, 5.74) is 0.603. The number of esters is 2. The molecule has 0 radical (unpaired) electrons. The quantitative estimate of drug-likeness (QED) is 0.0393. The predicted molar refractivity (Wildman–Crippen MR) is 230 cm³/mol. The van der Waals surface area contributed by atoms with Gasteiger partial charge in [-0.3, -0.25) is 4.79 Å². The van der Waals surface area contributed by atoms with Gasteiger partial charge in [-0.15, -0.1) is 0 Å². The topological polar surface area (TPSA) is 110 Å². The number of aliphatic carboxylic acids is 1. The van der Waals surface area contributed by atoms with Crippen LogP contribution in [0.25, 0.3) is 0 Å². The summed E-state index contributed by atoms with van der Waals surface area (Å²) in [5.74, 6) is -1.56. The Balaban J connectivity index is 0.00000119. The number of ether oxygens (including phenoxy) is 2. The van der Waals surface area contributed by atoms with Gasteiger partial charge in [-0.05, 0) is 57.1 Å². The van der Waals surface area contributed by atoms with Crippen molar-refractivity contribution in [1.29, 1.82) is 0 Å². The van der Waals surface area contributed by atoms with Crippen molar-refractivity contribution in [1.82, 2.24) is 0 Å². The molecule has 7 nitrogen and oxygen atoms in total. The molecule has 55 heavy (non-hydrogen) atoms. The van der Waals surface area contributed by atoms with Crippen LogP contribution in [-0.2, 0) is 14.3 Å². The Labute approximate surface area is 337 Å². The van der Waals surface area contributed by atoms with Crippen LogP contribution >= 0.6 is 0 Å². The molecule has 2 N–H and O–H groups in total. The van der Waals surface area contributed by atoms with Gasteiger partial charge in [0.15, 0.2) is 0 Å². The highest BCUT2D eigenvalue weighted by Gasteiger charge is 2.18. The Kier molecular flexibility index (Phi) is 39.0. The van der Waals surface area contributed by atoms with Gasteiger partial charge in [-0.25, -0.2) is 9.59 Å². The second kappa shape index (κ2) is 41.0. The zero-order chi connectivity index (χ0) is 40.5. The van der Waals surface area contributed by atoms with Crippen LogP contribution < -0.4 is 0 Å². The Morgan fingerprint density at radius 1 is 0.527 bits per heavy atom. The Morgan fingerprint density at radius 3 is 1.35 bits per heavy atom. The van der Waals surface area contributed by atoms with Crippen LogP contribution in [0.5, 0.6) is 0 Å². The lowest BCUT2D eigenvalue weighted by atomic mass is 10.1. The number of hydrogen-bond acceptors (Lipinski definition) is 6. The van der Waals surface area contributed by atoms with Gasteiger partial charge in [0, 0.05) is 6.42 Å². The molecule has 0 aliphatic carbocycles. The summed E-state index contributed by atoms with van der Waals surface area (Å²) in [6, 6.07) is 6.81. The molecule has 0 unspecified atom stereocenters. The molecule has 1 atom stereocenters. The molecule has 0 amide bonds. The number of unbranched alkanes of at least 4 members (excludes halogenated alkanes) is 24. The number of carboxylic acid groups (broad SMARTS) is 1. The third-order valence-electron chi connectivity index (χ3n) is 10.1. The lowest BCUT2D eigenvalue weighted by molar-refractivity contribution is -0.137. The van der Waals surface area contributed by atoms with Gasteiger partial charge in [0.25, 0.3) is 0 Å². The SMILES string of the molecule is CCCCCCCCCCCOC(=O)c1ccccc1C(=O)OCCCCCCCCCCC.CCCCCC[C@@H](O)C/C=C\CCCCCCCC(=O)O. The first kappa shape index (κ1) is 52.3. The van der Waals surface area contributed by atoms with Crippen molar-refractivity contribution in [3.8, 4) is 0 Å². The molecular formula is C48H84O7. The highest BCUT2D eigenvalue weighted by atomic mass is 16.5. The van der Waals surface area contributed by atoms with Crippen molar-refractivity contribution < 1.29 is 34.1 Å². The van der Waals surface area contributed by atoms with Crippen LogP contribution in [-0.4, -0.2) is 47.4 Å². The number of benzene rings is 1. The number of rotatable bonds is 37. The minimum Gasteiger partial charge on any atom is -0.481 e. The molecule has 0 bridgehead atoms. The zero-order valence-electron chi connectivity index (χ0n) is 35.8. The van der Waals surface area contributed by atoms with E-state index in [1.165, 1.54) is 116 Å². The van der Waals surface area contributed by atoms with Crippen molar-refractivity contribution in [3.05, 3.63) is 47.5 Å². The van der Waals surface area contributed by atoms with Crippen LogP contribution in [0, 0.1) is 0 Å². The number of carboxylic acids is 1. The van der Waals surface area contributed by atoms with E-state index in [0.29, 0.717) is 30.8 Å². The molecule has 1 aromatic rings. The maximum Gasteiger partial charge on any atom is 0.339 e. The molecular weight excluding hydrogens is 689 g/mol. The van der Waals surface area contributed by atoms with Crippen LogP contribution in [0.1, 0.15) is 241 Å². The molecule has 0 fully saturated rings. The molecule has 0 aromatic heterocycles. The van der Waals surface area contributed by atoms with E-state index in [0.717, 1.165) is 77.0 Å². The largest absolute Gasteiger partial charge is 0.481 e. The van der Waals surface area contributed by atoms with Crippen molar-refractivity contribution in [2.24, 2.45) is 0 Å². The Hall–Kier alpha value is -2.67.